The number of allylic oxidation sites excluding steroid dienone is 2. The summed E-state index contributed by atoms with van der Waals surface area (Å²) in [7, 11) is -2.77. The van der Waals surface area contributed by atoms with Crippen LogP contribution in [-0.4, -0.2) is 36.1 Å². The van der Waals surface area contributed by atoms with Crippen LogP contribution in [0.2, 0.25) is 5.04 Å². The second kappa shape index (κ2) is 13.3. The van der Waals surface area contributed by atoms with Crippen molar-refractivity contribution >= 4 is 30.3 Å². The molecule has 0 bridgehead atoms. The van der Waals surface area contributed by atoms with Crippen molar-refractivity contribution in [2.45, 2.75) is 71.0 Å². The van der Waals surface area contributed by atoms with E-state index in [-0.39, 0.29) is 22.8 Å². The van der Waals surface area contributed by atoms with Gasteiger partial charge < -0.3 is 13.7 Å². The lowest BCUT2D eigenvalue weighted by molar-refractivity contribution is 0.146. The van der Waals surface area contributed by atoms with Gasteiger partial charge in [-0.1, -0.05) is 118 Å². The molecule has 1 aliphatic heterocycles. The van der Waals surface area contributed by atoms with E-state index in [0.717, 1.165) is 11.1 Å². The molecule has 3 aromatic carbocycles. The number of H-pyrrole nitrogens is 1. The van der Waals surface area contributed by atoms with Gasteiger partial charge in [-0.3, -0.25) is 0 Å². The Morgan fingerprint density at radius 2 is 1.67 bits per heavy atom. The molecular weight excluding hydrogens is 605 g/mol. The number of aromatic nitrogens is 2. The Labute approximate surface area is 270 Å². The molecule has 0 aliphatic carbocycles. The molecule has 2 heterocycles. The Kier molecular flexibility index (Phi) is 9.67. The molecule has 4 aromatic rings. The van der Waals surface area contributed by atoms with Crippen LogP contribution in [-0.2, 0) is 4.43 Å². The van der Waals surface area contributed by atoms with Crippen molar-refractivity contribution in [1.29, 1.82) is 0 Å². The summed E-state index contributed by atoms with van der Waals surface area (Å²) in [6.07, 6.45) is 6.36. The molecule has 0 amide bonds. The Hall–Kier alpha value is -3.72. The fraction of sp³-hybridized carbons (Fsp3) is 0.333. The van der Waals surface area contributed by atoms with Crippen LogP contribution in [0.1, 0.15) is 68.7 Å². The first-order valence-corrected chi connectivity index (χ1v) is 17.6. The molecule has 6 nitrogen and oxygen atoms in total. The van der Waals surface area contributed by atoms with Gasteiger partial charge in [0.15, 0.2) is 0 Å². The van der Waals surface area contributed by atoms with Crippen LogP contribution in [0.5, 0.6) is 0 Å². The fourth-order valence-electron chi connectivity index (χ4n) is 6.73. The second-order valence-corrected chi connectivity index (χ2v) is 17.4. The summed E-state index contributed by atoms with van der Waals surface area (Å²) in [5.74, 6) is -1.33. The van der Waals surface area contributed by atoms with Gasteiger partial charge in [0.2, 0.25) is 5.89 Å². The predicted molar refractivity (Wildman–Crippen MR) is 181 cm³/mol. The number of rotatable bonds is 10. The molecule has 0 saturated heterocycles. The Morgan fingerprint density at radius 3 is 2.22 bits per heavy atom. The van der Waals surface area contributed by atoms with Crippen molar-refractivity contribution in [2.24, 2.45) is 0 Å². The summed E-state index contributed by atoms with van der Waals surface area (Å²) in [6.45, 7) is 13.0. The molecule has 9 heteroatoms. The van der Waals surface area contributed by atoms with Crippen molar-refractivity contribution in [2.75, 3.05) is 6.61 Å². The lowest BCUT2D eigenvalue weighted by atomic mass is 9.86. The summed E-state index contributed by atoms with van der Waals surface area (Å²) in [4.78, 5) is 14.2. The molecule has 236 valence electrons. The standard InChI is InChI=1S/C36H41ClFN3O3Si/c1-24-20-21-30(38)32(25(24)2)26(3)33(34-39-40-35(42)44-34)41-27(14-13-19-31(41)37)22-23-43-45(36(4,5)6,28-15-9-7-10-16-28)29-17-11-8-12-18-29/h7-21,26-27,33H,22-23H2,1-6H3,(H,40,42)/t26?,27?,33-/m0/s1. The molecule has 0 spiro atoms. The van der Waals surface area contributed by atoms with Crippen LogP contribution in [0, 0.1) is 19.7 Å². The van der Waals surface area contributed by atoms with Crippen molar-refractivity contribution in [3.05, 3.63) is 135 Å². The number of hydrogen-bond acceptors (Lipinski definition) is 5. The Balaban J connectivity index is 1.53. The van der Waals surface area contributed by atoms with Crippen LogP contribution in [0.25, 0.3) is 0 Å². The van der Waals surface area contributed by atoms with Gasteiger partial charge in [0.25, 0.3) is 8.32 Å². The van der Waals surface area contributed by atoms with Crippen LogP contribution < -0.4 is 16.1 Å². The minimum Gasteiger partial charge on any atom is -0.407 e. The number of nitrogens with one attached hydrogen (secondary N) is 1. The monoisotopic (exact) mass is 645 g/mol. The first kappa shape index (κ1) is 32.7. The van der Waals surface area contributed by atoms with E-state index in [4.69, 9.17) is 20.4 Å². The zero-order valence-electron chi connectivity index (χ0n) is 26.7. The topological polar surface area (TPSA) is 71.4 Å². The van der Waals surface area contributed by atoms with E-state index in [1.807, 2.05) is 43.9 Å². The third-order valence-electron chi connectivity index (χ3n) is 8.99. The van der Waals surface area contributed by atoms with Gasteiger partial charge in [0.05, 0.1) is 6.04 Å². The van der Waals surface area contributed by atoms with Crippen molar-refractivity contribution in [3.8, 4) is 0 Å². The number of aryl methyl sites for hydroxylation is 1. The molecule has 3 atom stereocenters. The van der Waals surface area contributed by atoms with E-state index in [9.17, 15) is 4.79 Å². The molecular formula is C36H41ClFN3O3Si. The number of halogens is 2. The van der Waals surface area contributed by atoms with Crippen LogP contribution in [0.3, 0.4) is 0 Å². The van der Waals surface area contributed by atoms with Gasteiger partial charge >= 0.3 is 5.76 Å². The van der Waals surface area contributed by atoms with E-state index < -0.39 is 26.0 Å². The van der Waals surface area contributed by atoms with Crippen LogP contribution in [0.15, 0.2) is 105 Å². The average Bonchev–Trinajstić information content (AvgIpc) is 3.44. The lowest BCUT2D eigenvalue weighted by Gasteiger charge is -2.44. The predicted octanol–water partition coefficient (Wildman–Crippen LogP) is 7.25. The molecule has 1 N–H and O–H groups in total. The first-order valence-electron chi connectivity index (χ1n) is 15.3. The lowest BCUT2D eigenvalue weighted by Crippen LogP contribution is -2.66. The third kappa shape index (κ3) is 6.37. The van der Waals surface area contributed by atoms with Gasteiger partial charge in [0, 0.05) is 12.5 Å². The molecule has 0 saturated carbocycles. The Bertz CT molecular complexity index is 1690. The van der Waals surface area contributed by atoms with E-state index in [0.29, 0.717) is 23.7 Å². The maximum Gasteiger partial charge on any atom is 0.434 e. The van der Waals surface area contributed by atoms with Gasteiger partial charge in [-0.05, 0) is 64.5 Å². The van der Waals surface area contributed by atoms with Crippen LogP contribution >= 0.6 is 11.6 Å². The minimum absolute atomic E-state index is 0.146. The van der Waals surface area contributed by atoms with E-state index in [1.165, 1.54) is 16.4 Å². The second-order valence-electron chi connectivity index (χ2n) is 12.7. The van der Waals surface area contributed by atoms with Gasteiger partial charge in [-0.2, -0.15) is 0 Å². The molecule has 0 fully saturated rings. The quantitative estimate of drug-likeness (QED) is 0.145. The first-order chi connectivity index (χ1) is 21.5. The molecule has 2 unspecified atom stereocenters. The smallest absolute Gasteiger partial charge is 0.407 e. The molecule has 0 radical (unpaired) electrons. The number of nitrogens with zero attached hydrogens (tertiary/aromatic N) is 2. The van der Waals surface area contributed by atoms with Crippen LogP contribution in [0.4, 0.5) is 4.39 Å². The molecule has 1 aromatic heterocycles. The van der Waals surface area contributed by atoms with Crippen molar-refractivity contribution < 1.29 is 13.2 Å². The highest BCUT2D eigenvalue weighted by molar-refractivity contribution is 6.99. The third-order valence-corrected chi connectivity index (χ3v) is 14.4. The van der Waals surface area contributed by atoms with E-state index >= 15 is 4.39 Å². The zero-order chi connectivity index (χ0) is 32.4. The summed E-state index contributed by atoms with van der Waals surface area (Å²) in [5.41, 5.74) is 2.34. The maximum absolute atomic E-state index is 15.5. The average molecular weight is 646 g/mol. The van der Waals surface area contributed by atoms with Gasteiger partial charge in [-0.15, -0.1) is 5.10 Å². The van der Waals surface area contributed by atoms with E-state index in [1.54, 1.807) is 12.1 Å². The maximum atomic E-state index is 15.5. The van der Waals surface area contributed by atoms with Gasteiger partial charge in [0.1, 0.15) is 17.0 Å². The fourth-order valence-corrected chi connectivity index (χ4v) is 11.6. The highest BCUT2D eigenvalue weighted by Crippen LogP contribution is 2.43. The Morgan fingerprint density at radius 1 is 1.04 bits per heavy atom. The zero-order valence-corrected chi connectivity index (χ0v) is 28.4. The van der Waals surface area contributed by atoms with Crippen molar-refractivity contribution in [1.82, 2.24) is 15.1 Å². The highest BCUT2D eigenvalue weighted by atomic mass is 35.5. The SMILES string of the molecule is Cc1ccc(F)c(C(C)[C@@H](c2n[nH]c(=O)o2)N2C(Cl)=CC=CC2CCO[Si](c2ccccc2)(c2ccccc2)C(C)(C)C)c1C. The highest BCUT2D eigenvalue weighted by Gasteiger charge is 2.50. The number of benzene rings is 3. The summed E-state index contributed by atoms with van der Waals surface area (Å²) < 4.78 is 28.2. The largest absolute Gasteiger partial charge is 0.434 e. The number of aromatic amines is 1. The summed E-state index contributed by atoms with van der Waals surface area (Å²) >= 11 is 6.96. The molecule has 5 rings (SSSR count). The normalized spacial score (nSPS) is 16.8. The molecule has 45 heavy (non-hydrogen) atoms. The number of hydrogen-bond donors (Lipinski definition) is 1. The van der Waals surface area contributed by atoms with Crippen molar-refractivity contribution in [3.63, 3.8) is 0 Å². The van der Waals surface area contributed by atoms with Gasteiger partial charge in [-0.25, -0.2) is 14.3 Å². The summed E-state index contributed by atoms with van der Waals surface area (Å²) in [6, 6.07) is 23.4. The summed E-state index contributed by atoms with van der Waals surface area (Å²) in [5, 5.41) is 9.28. The van der Waals surface area contributed by atoms with E-state index in [2.05, 4.69) is 85.6 Å². The molecule has 1 aliphatic rings. The minimum atomic E-state index is -2.77.